The molecule has 0 amide bonds. The highest BCUT2D eigenvalue weighted by Gasteiger charge is 2.12. The van der Waals surface area contributed by atoms with Crippen LogP contribution in [0.3, 0.4) is 0 Å². The minimum atomic E-state index is -0.585. The molecule has 0 saturated carbocycles. The van der Waals surface area contributed by atoms with E-state index >= 15 is 0 Å². The molecule has 2 aromatic heterocycles. The first-order valence-corrected chi connectivity index (χ1v) is 11.3. The molecular weight excluding hydrogens is 533 g/mol. The number of fused-ring (bicyclic) bond motifs is 1. The van der Waals surface area contributed by atoms with Crippen LogP contribution < -0.4 is 10.6 Å². The summed E-state index contributed by atoms with van der Waals surface area (Å²) < 4.78 is 3.09. The molecule has 0 fully saturated rings. The molecule has 0 aliphatic rings. The molecule has 4 aromatic rings. The van der Waals surface area contributed by atoms with Gasteiger partial charge in [-0.2, -0.15) is 5.10 Å². The molecule has 2 heterocycles. The summed E-state index contributed by atoms with van der Waals surface area (Å²) >= 11 is 1.63. The lowest BCUT2D eigenvalue weighted by Gasteiger charge is -2.14. The van der Waals surface area contributed by atoms with Crippen molar-refractivity contribution in [2.24, 2.45) is 4.99 Å². The molecule has 0 aliphatic carbocycles. The lowest BCUT2D eigenvalue weighted by atomic mass is 10.1. The molecule has 3 N–H and O–H groups in total. The third kappa shape index (κ3) is 6.54. The van der Waals surface area contributed by atoms with Gasteiger partial charge in [-0.15, -0.1) is 35.3 Å². The predicted molar refractivity (Wildman–Crippen MR) is 143 cm³/mol. The topological polar surface area (TPSA) is 74.5 Å². The number of nitrogens with one attached hydrogen (secondary N) is 2. The molecule has 4 rings (SSSR count). The maximum atomic E-state index is 10.6. The Kier molecular flexibility index (Phi) is 9.07. The Labute approximate surface area is 209 Å². The van der Waals surface area contributed by atoms with Gasteiger partial charge >= 0.3 is 0 Å². The summed E-state index contributed by atoms with van der Waals surface area (Å²) in [6.07, 6.45) is 3.16. The lowest BCUT2D eigenvalue weighted by Crippen LogP contribution is -2.39. The molecule has 1 unspecified atom stereocenters. The first-order chi connectivity index (χ1) is 15.2. The second-order valence-corrected chi connectivity index (χ2v) is 8.42. The van der Waals surface area contributed by atoms with Gasteiger partial charge in [0, 0.05) is 35.1 Å². The molecule has 1 atom stereocenters. The number of rotatable bonds is 8. The number of benzene rings is 2. The van der Waals surface area contributed by atoms with Gasteiger partial charge in [-0.25, -0.2) is 4.99 Å². The van der Waals surface area contributed by atoms with Gasteiger partial charge in [0.05, 0.1) is 13.1 Å². The summed E-state index contributed by atoms with van der Waals surface area (Å²) in [4.78, 5) is 5.65. The van der Waals surface area contributed by atoms with E-state index in [1.807, 2.05) is 36.0 Å². The molecular formula is C24H28IN5OS. The lowest BCUT2D eigenvalue weighted by molar-refractivity contribution is 0.184. The standard InChI is InChI=1S/C24H27N5OS.HI/c1-2-25-24(27-16-21(30)23-14-20-9-3-4-10-22(20)31-23)26-15-18-7-5-8-19(13-18)17-29-12-6-11-28-29;/h3-14,21,30H,2,15-17H2,1H3,(H2,25,26,27);1H. The van der Waals surface area contributed by atoms with Gasteiger partial charge in [-0.05, 0) is 41.6 Å². The molecule has 2 aromatic carbocycles. The second-order valence-electron chi connectivity index (χ2n) is 7.30. The van der Waals surface area contributed by atoms with Crippen LogP contribution in [-0.4, -0.2) is 33.9 Å². The van der Waals surface area contributed by atoms with Crippen molar-refractivity contribution in [2.75, 3.05) is 13.1 Å². The van der Waals surface area contributed by atoms with Gasteiger partial charge < -0.3 is 15.7 Å². The van der Waals surface area contributed by atoms with Crippen LogP contribution >= 0.6 is 35.3 Å². The Hall–Kier alpha value is -2.43. The number of halogens is 1. The SMILES string of the molecule is CCNC(=NCc1cccc(Cn2cccn2)c1)NCC(O)c1cc2ccccc2s1.I. The summed E-state index contributed by atoms with van der Waals surface area (Å²) in [7, 11) is 0. The zero-order valence-electron chi connectivity index (χ0n) is 17.9. The van der Waals surface area contributed by atoms with Gasteiger partial charge in [-0.1, -0.05) is 42.5 Å². The molecule has 32 heavy (non-hydrogen) atoms. The number of aliphatic hydroxyl groups excluding tert-OH is 1. The molecule has 0 radical (unpaired) electrons. The number of aromatic nitrogens is 2. The van der Waals surface area contributed by atoms with Crippen LogP contribution in [0.2, 0.25) is 0 Å². The molecule has 8 heteroatoms. The zero-order valence-corrected chi connectivity index (χ0v) is 21.1. The van der Waals surface area contributed by atoms with Crippen LogP contribution in [0.25, 0.3) is 10.1 Å². The van der Waals surface area contributed by atoms with E-state index in [2.05, 4.69) is 58.2 Å². The Morgan fingerprint density at radius 2 is 1.94 bits per heavy atom. The van der Waals surface area contributed by atoms with Crippen LogP contribution in [0.15, 0.2) is 78.0 Å². The number of hydrogen-bond acceptors (Lipinski definition) is 4. The van der Waals surface area contributed by atoms with Crippen LogP contribution in [0, 0.1) is 0 Å². The van der Waals surface area contributed by atoms with Gasteiger partial charge in [-0.3, -0.25) is 4.68 Å². The summed E-state index contributed by atoms with van der Waals surface area (Å²) in [6.45, 7) is 4.48. The number of hydrogen-bond donors (Lipinski definition) is 3. The van der Waals surface area contributed by atoms with Crippen molar-refractivity contribution in [1.29, 1.82) is 0 Å². The van der Waals surface area contributed by atoms with Crippen molar-refractivity contribution in [1.82, 2.24) is 20.4 Å². The highest BCUT2D eigenvalue weighted by atomic mass is 127. The molecule has 0 bridgehead atoms. The van der Waals surface area contributed by atoms with E-state index < -0.39 is 6.10 Å². The largest absolute Gasteiger partial charge is 0.386 e. The van der Waals surface area contributed by atoms with Crippen molar-refractivity contribution < 1.29 is 5.11 Å². The minimum Gasteiger partial charge on any atom is -0.386 e. The number of thiophene rings is 1. The van der Waals surface area contributed by atoms with Crippen LogP contribution in [0.5, 0.6) is 0 Å². The summed E-state index contributed by atoms with van der Waals surface area (Å²) in [5, 5.41) is 22.6. The van der Waals surface area contributed by atoms with Crippen molar-refractivity contribution in [3.05, 3.63) is 89.1 Å². The first-order valence-electron chi connectivity index (χ1n) is 10.4. The summed E-state index contributed by atoms with van der Waals surface area (Å²) in [6, 6.07) is 20.5. The predicted octanol–water partition coefficient (Wildman–Crippen LogP) is 4.55. The number of nitrogens with zero attached hydrogens (tertiary/aromatic N) is 3. The minimum absolute atomic E-state index is 0. The second kappa shape index (κ2) is 12.0. The fourth-order valence-electron chi connectivity index (χ4n) is 3.38. The Morgan fingerprint density at radius 1 is 1.09 bits per heavy atom. The van der Waals surface area contributed by atoms with Gasteiger partial charge in [0.2, 0.25) is 0 Å². The molecule has 0 saturated heterocycles. The van der Waals surface area contributed by atoms with Gasteiger partial charge in [0.1, 0.15) is 6.10 Å². The third-order valence-electron chi connectivity index (χ3n) is 4.89. The molecule has 6 nitrogen and oxygen atoms in total. The zero-order chi connectivity index (χ0) is 21.5. The van der Waals surface area contributed by atoms with E-state index in [1.165, 1.54) is 10.3 Å². The molecule has 0 spiro atoms. The van der Waals surface area contributed by atoms with E-state index in [0.717, 1.165) is 28.9 Å². The van der Waals surface area contributed by atoms with E-state index in [-0.39, 0.29) is 24.0 Å². The fraction of sp³-hybridized carbons (Fsp3) is 0.250. The molecule has 0 aliphatic heterocycles. The van der Waals surface area contributed by atoms with E-state index in [9.17, 15) is 5.11 Å². The summed E-state index contributed by atoms with van der Waals surface area (Å²) in [5.41, 5.74) is 2.32. The van der Waals surface area contributed by atoms with Crippen LogP contribution in [0.1, 0.15) is 29.0 Å². The highest BCUT2D eigenvalue weighted by molar-refractivity contribution is 14.0. The van der Waals surface area contributed by atoms with Crippen LogP contribution in [-0.2, 0) is 13.1 Å². The molecule has 168 valence electrons. The normalized spacial score (nSPS) is 12.4. The van der Waals surface area contributed by atoms with Crippen LogP contribution in [0.4, 0.5) is 0 Å². The smallest absolute Gasteiger partial charge is 0.191 e. The maximum Gasteiger partial charge on any atom is 0.191 e. The monoisotopic (exact) mass is 561 g/mol. The maximum absolute atomic E-state index is 10.6. The average molecular weight is 561 g/mol. The number of guanidine groups is 1. The fourth-order valence-corrected chi connectivity index (χ4v) is 4.43. The van der Waals surface area contributed by atoms with E-state index in [1.54, 1.807) is 17.5 Å². The van der Waals surface area contributed by atoms with Crippen molar-refractivity contribution in [3.8, 4) is 0 Å². The highest BCUT2D eigenvalue weighted by Crippen LogP contribution is 2.29. The van der Waals surface area contributed by atoms with Crippen molar-refractivity contribution in [3.63, 3.8) is 0 Å². The number of aliphatic imine (C=N–C) groups is 1. The third-order valence-corrected chi connectivity index (χ3v) is 6.11. The number of aliphatic hydroxyl groups is 1. The first kappa shape index (κ1) is 24.2. The van der Waals surface area contributed by atoms with Gasteiger partial charge in [0.25, 0.3) is 0 Å². The quantitative estimate of drug-likeness (QED) is 0.168. The Balaban J connectivity index is 0.00000289. The van der Waals surface area contributed by atoms with Crippen molar-refractivity contribution >= 4 is 51.4 Å². The Morgan fingerprint density at radius 3 is 2.72 bits per heavy atom. The van der Waals surface area contributed by atoms with E-state index in [4.69, 9.17) is 4.99 Å². The Bertz CT molecular complexity index is 1110. The van der Waals surface area contributed by atoms with Gasteiger partial charge in [0.15, 0.2) is 5.96 Å². The summed E-state index contributed by atoms with van der Waals surface area (Å²) in [5.74, 6) is 0.695. The van der Waals surface area contributed by atoms with E-state index in [0.29, 0.717) is 19.0 Å². The van der Waals surface area contributed by atoms with Crippen molar-refractivity contribution in [2.45, 2.75) is 26.1 Å². The average Bonchev–Trinajstić information content (AvgIpc) is 3.45.